The molecule has 0 N–H and O–H groups in total. The number of hydrogen-bond acceptors (Lipinski definition) is 6. The molecule has 80 heavy (non-hydrogen) atoms. The summed E-state index contributed by atoms with van der Waals surface area (Å²) in [7, 11) is 0. The van der Waals surface area contributed by atoms with Crippen LogP contribution in [0.25, 0.3) is 0 Å². The minimum absolute atomic E-state index is 0.0855. The Bertz CT molecular complexity index is 1650. The highest BCUT2D eigenvalue weighted by Gasteiger charge is 2.19. The Morgan fingerprint density at radius 1 is 0.263 bits per heavy atom. The average molecular weight is 1110 g/mol. The second-order valence-corrected chi connectivity index (χ2v) is 22.0. The molecule has 6 nitrogen and oxygen atoms in total. The molecule has 0 aliphatic carbocycles. The Balaban J connectivity index is 4.13. The minimum atomic E-state index is -0.790. The molecule has 0 aromatic rings. The second kappa shape index (κ2) is 67.3. The van der Waals surface area contributed by atoms with Crippen LogP contribution in [0, 0.1) is 0 Å². The molecule has 0 bridgehead atoms. The lowest BCUT2D eigenvalue weighted by Gasteiger charge is -2.18. The molecule has 0 rings (SSSR count). The van der Waals surface area contributed by atoms with Crippen molar-refractivity contribution in [2.75, 3.05) is 13.2 Å². The van der Waals surface area contributed by atoms with Crippen molar-refractivity contribution in [1.82, 2.24) is 0 Å². The van der Waals surface area contributed by atoms with Gasteiger partial charge in [-0.25, -0.2) is 0 Å². The molecule has 0 radical (unpaired) electrons. The number of carbonyl (C=O) groups excluding carboxylic acids is 3. The van der Waals surface area contributed by atoms with Gasteiger partial charge in [-0.15, -0.1) is 0 Å². The summed E-state index contributed by atoms with van der Waals surface area (Å²) in [5.74, 6) is -0.903. The maximum absolute atomic E-state index is 12.9. The van der Waals surface area contributed by atoms with Crippen LogP contribution in [0.5, 0.6) is 0 Å². The third kappa shape index (κ3) is 64.6. The van der Waals surface area contributed by atoms with E-state index in [-0.39, 0.29) is 31.1 Å². The summed E-state index contributed by atoms with van der Waals surface area (Å²) in [6.07, 6.45) is 93.7. The normalized spacial score (nSPS) is 12.9. The summed E-state index contributed by atoms with van der Waals surface area (Å²) in [6, 6.07) is 0. The van der Waals surface area contributed by atoms with Crippen molar-refractivity contribution in [3.05, 3.63) is 122 Å². The predicted octanol–water partition coefficient (Wildman–Crippen LogP) is 23.2. The van der Waals surface area contributed by atoms with Crippen molar-refractivity contribution in [3.63, 3.8) is 0 Å². The molecule has 0 spiro atoms. The van der Waals surface area contributed by atoms with Crippen LogP contribution in [0.15, 0.2) is 122 Å². The molecule has 0 amide bonds. The van der Waals surface area contributed by atoms with E-state index in [4.69, 9.17) is 14.2 Å². The highest BCUT2D eigenvalue weighted by molar-refractivity contribution is 5.71. The Morgan fingerprint density at radius 2 is 0.487 bits per heavy atom. The Kier molecular flexibility index (Phi) is 63.8. The van der Waals surface area contributed by atoms with E-state index in [1.54, 1.807) is 0 Å². The zero-order chi connectivity index (χ0) is 57.8. The predicted molar refractivity (Wildman–Crippen MR) is 348 cm³/mol. The quantitative estimate of drug-likeness (QED) is 0.0261. The van der Waals surface area contributed by atoms with E-state index in [1.165, 1.54) is 135 Å². The molecular weight excluding hydrogens is 985 g/mol. The first-order valence-corrected chi connectivity index (χ1v) is 33.5. The van der Waals surface area contributed by atoms with Gasteiger partial charge in [-0.3, -0.25) is 14.4 Å². The van der Waals surface area contributed by atoms with E-state index in [1.807, 2.05) is 0 Å². The average Bonchev–Trinajstić information content (AvgIpc) is 3.46. The summed E-state index contributed by atoms with van der Waals surface area (Å²) < 4.78 is 16.9. The Morgan fingerprint density at radius 3 is 0.762 bits per heavy atom. The van der Waals surface area contributed by atoms with Crippen LogP contribution in [-0.2, 0) is 28.6 Å². The van der Waals surface area contributed by atoms with E-state index < -0.39 is 6.10 Å². The fraction of sp³-hybridized carbons (Fsp3) is 0.689. The lowest BCUT2D eigenvalue weighted by Crippen LogP contribution is -2.30. The van der Waals surface area contributed by atoms with Crippen LogP contribution < -0.4 is 0 Å². The first-order chi connectivity index (χ1) is 39.5. The van der Waals surface area contributed by atoms with Gasteiger partial charge in [0.1, 0.15) is 13.2 Å². The number of carbonyl (C=O) groups is 3. The number of hydrogen-bond donors (Lipinski definition) is 0. The van der Waals surface area contributed by atoms with Crippen LogP contribution in [0.3, 0.4) is 0 Å². The lowest BCUT2D eigenvalue weighted by atomic mass is 10.0. The van der Waals surface area contributed by atoms with Gasteiger partial charge in [0, 0.05) is 19.3 Å². The van der Waals surface area contributed by atoms with E-state index in [0.717, 1.165) is 135 Å². The van der Waals surface area contributed by atoms with Crippen molar-refractivity contribution < 1.29 is 28.6 Å². The first-order valence-electron chi connectivity index (χ1n) is 33.5. The molecule has 1 atom stereocenters. The summed E-state index contributed by atoms with van der Waals surface area (Å²) >= 11 is 0. The molecular formula is C74H124O6. The van der Waals surface area contributed by atoms with Gasteiger partial charge in [0.2, 0.25) is 0 Å². The maximum atomic E-state index is 12.9. The van der Waals surface area contributed by atoms with Crippen LogP contribution in [0.2, 0.25) is 0 Å². The van der Waals surface area contributed by atoms with Gasteiger partial charge < -0.3 is 14.2 Å². The van der Waals surface area contributed by atoms with Gasteiger partial charge in [0.05, 0.1) is 0 Å². The number of rotatable bonds is 60. The highest BCUT2D eigenvalue weighted by Crippen LogP contribution is 2.17. The standard InChI is InChI=1S/C74H124O6/c1-4-7-10-13-16-19-22-24-26-28-29-30-31-32-33-34-35-36-37-38-39-40-41-42-43-44-45-47-48-50-52-55-58-61-64-67-73(76)79-70-71(69-78-72(75)66-63-60-57-54-21-18-15-12-9-6-3)80-74(77)68-65-62-59-56-53-51-49-46-27-25-23-20-17-14-11-8-5-2/h7-8,10-11,16-17,19-20,24-27,29-30,32-33,35-36,49,51,71H,4-6,9,12-15,18,21-23,28,31,34,37-48,50,52-70H2,1-3H3/b10-7-,11-8-,19-16-,20-17-,26-24-,27-25-,30-29-,33-32-,36-35-,51-49-. The molecule has 0 saturated carbocycles. The van der Waals surface area contributed by atoms with Crippen molar-refractivity contribution in [2.45, 2.75) is 316 Å². The number of esters is 3. The molecule has 0 aliphatic heterocycles. The fourth-order valence-corrected chi connectivity index (χ4v) is 9.26. The van der Waals surface area contributed by atoms with Gasteiger partial charge in [0.15, 0.2) is 6.10 Å². The van der Waals surface area contributed by atoms with Crippen LogP contribution in [0.4, 0.5) is 0 Å². The minimum Gasteiger partial charge on any atom is -0.462 e. The molecule has 0 aliphatic rings. The number of allylic oxidation sites excluding steroid dienone is 20. The van der Waals surface area contributed by atoms with Crippen molar-refractivity contribution >= 4 is 17.9 Å². The van der Waals surface area contributed by atoms with Crippen molar-refractivity contribution in [1.29, 1.82) is 0 Å². The zero-order valence-corrected chi connectivity index (χ0v) is 52.3. The second-order valence-electron chi connectivity index (χ2n) is 22.0. The molecule has 0 heterocycles. The van der Waals surface area contributed by atoms with Crippen LogP contribution >= 0.6 is 0 Å². The van der Waals surface area contributed by atoms with Crippen LogP contribution in [0.1, 0.15) is 310 Å². The van der Waals surface area contributed by atoms with Gasteiger partial charge in [-0.2, -0.15) is 0 Å². The van der Waals surface area contributed by atoms with Gasteiger partial charge in [-0.05, 0) is 109 Å². The molecule has 0 aromatic heterocycles. The highest BCUT2D eigenvalue weighted by atomic mass is 16.6. The molecule has 0 aromatic carbocycles. The van der Waals surface area contributed by atoms with E-state index >= 15 is 0 Å². The lowest BCUT2D eigenvalue weighted by molar-refractivity contribution is -0.167. The maximum Gasteiger partial charge on any atom is 0.306 e. The van der Waals surface area contributed by atoms with Crippen LogP contribution in [-0.4, -0.2) is 37.2 Å². The van der Waals surface area contributed by atoms with Gasteiger partial charge in [0.25, 0.3) is 0 Å². The fourth-order valence-electron chi connectivity index (χ4n) is 9.26. The van der Waals surface area contributed by atoms with Crippen molar-refractivity contribution in [3.8, 4) is 0 Å². The molecule has 1 unspecified atom stereocenters. The van der Waals surface area contributed by atoms with E-state index in [9.17, 15) is 14.4 Å². The van der Waals surface area contributed by atoms with Crippen molar-refractivity contribution in [2.24, 2.45) is 0 Å². The topological polar surface area (TPSA) is 78.9 Å². The molecule has 456 valence electrons. The third-order valence-electron chi connectivity index (χ3n) is 14.2. The third-order valence-corrected chi connectivity index (χ3v) is 14.2. The number of ether oxygens (including phenoxy) is 3. The first kappa shape index (κ1) is 75.8. The molecule has 0 fully saturated rings. The SMILES string of the molecule is CC/C=C\C/C=C\C/C=C\C/C=C\C/C=C\C/C=C\CCCCCCCCCCCCCCCCCCC(=O)OCC(COC(=O)CCCCCCCCCCCC)OC(=O)CCCCCC/C=C\C/C=C\C/C=C\C/C=C\CC. The smallest absolute Gasteiger partial charge is 0.306 e. The summed E-state index contributed by atoms with van der Waals surface area (Å²) in [4.78, 5) is 38.2. The molecule has 6 heteroatoms. The summed E-state index contributed by atoms with van der Waals surface area (Å²) in [5.41, 5.74) is 0. The van der Waals surface area contributed by atoms with Gasteiger partial charge >= 0.3 is 17.9 Å². The summed E-state index contributed by atoms with van der Waals surface area (Å²) in [6.45, 7) is 6.40. The monoisotopic (exact) mass is 1110 g/mol. The van der Waals surface area contributed by atoms with E-state index in [2.05, 4.69) is 142 Å². The zero-order valence-electron chi connectivity index (χ0n) is 52.3. The largest absolute Gasteiger partial charge is 0.462 e. The Labute approximate surface area is 494 Å². The summed E-state index contributed by atoms with van der Waals surface area (Å²) in [5, 5.41) is 0. The Hall–Kier alpha value is -4.19. The number of unbranched alkanes of at least 4 members (excludes halogenated alkanes) is 29. The van der Waals surface area contributed by atoms with E-state index in [0.29, 0.717) is 19.3 Å². The van der Waals surface area contributed by atoms with Gasteiger partial charge in [-0.1, -0.05) is 303 Å². The molecule has 0 saturated heterocycles.